The Bertz CT molecular complexity index is 280. The first-order valence-electron chi connectivity index (χ1n) is 2.39. The summed E-state index contributed by atoms with van der Waals surface area (Å²) in [5, 5.41) is 0. The lowest BCUT2D eigenvalue weighted by Gasteiger charge is -2.12. The third kappa shape index (κ3) is 3.53. The molecule has 0 N–H and O–H groups in total. The Morgan fingerprint density at radius 3 is 1.82 bits per heavy atom. The van der Waals surface area contributed by atoms with Crippen LogP contribution in [0.2, 0.25) is 0 Å². The molecule has 0 rings (SSSR count). The Labute approximate surface area is 64.6 Å². The van der Waals surface area contributed by atoms with E-state index in [0.717, 1.165) is 0 Å². The van der Waals surface area contributed by atoms with Crippen LogP contribution in [-0.2, 0) is 10.3 Å². The van der Waals surface area contributed by atoms with Crippen molar-refractivity contribution in [2.24, 2.45) is 0 Å². The number of hydrogen-bond acceptors (Lipinski definition) is 3. The predicted molar refractivity (Wildman–Crippen MR) is 34.5 cm³/mol. The molecule has 0 aliphatic heterocycles. The van der Waals surface area contributed by atoms with E-state index < -0.39 is 23.6 Å². The van der Waals surface area contributed by atoms with Crippen LogP contribution in [0.5, 0.6) is 0 Å². The molecular weight excluding hydrogens is 170 g/mol. The van der Waals surface area contributed by atoms with Gasteiger partial charge in [-0.25, -0.2) is 21.6 Å². The molecule has 0 aliphatic rings. The van der Waals surface area contributed by atoms with Crippen LogP contribution in [-0.4, -0.2) is 30.6 Å². The predicted octanol–water partition coefficient (Wildman–Crippen LogP) is -0.498. The maximum atomic E-state index is 10.2. The molecule has 0 amide bonds. The minimum atomic E-state index is -4.63. The number of hydrogen-bond donors (Lipinski definition) is 0. The van der Waals surface area contributed by atoms with Gasteiger partial charge in [0.25, 0.3) is 13.3 Å². The first-order chi connectivity index (χ1) is 5.02. The van der Waals surface area contributed by atoms with Crippen LogP contribution in [0.15, 0.2) is 0 Å². The van der Waals surface area contributed by atoms with Crippen LogP contribution >= 0.6 is 0 Å². The lowest BCUT2D eigenvalue weighted by molar-refractivity contribution is 0.373. The third-order valence-electron chi connectivity index (χ3n) is 0.773. The number of rotatable bonds is 3. The number of nitrogens with zero attached hydrogens (tertiary/aromatic N) is 3. The Morgan fingerprint density at radius 2 is 1.64 bits per heavy atom. The van der Waals surface area contributed by atoms with Crippen molar-refractivity contribution in [3.8, 4) is 0 Å². The van der Waals surface area contributed by atoms with Gasteiger partial charge in [-0.3, -0.25) is 9.69 Å². The van der Waals surface area contributed by atoms with E-state index in [4.69, 9.17) is 13.1 Å². The molecule has 0 aliphatic carbocycles. The van der Waals surface area contributed by atoms with E-state index in [2.05, 4.69) is 9.69 Å². The highest BCUT2D eigenvalue weighted by molar-refractivity contribution is 7.83. The van der Waals surface area contributed by atoms with E-state index in [1.807, 2.05) is 0 Å². The Hall–Kier alpha value is -1.15. The van der Waals surface area contributed by atoms with Gasteiger partial charge < -0.3 is 4.55 Å². The summed E-state index contributed by atoms with van der Waals surface area (Å²) < 4.78 is 30.8. The molecule has 60 valence electrons. The summed E-state index contributed by atoms with van der Waals surface area (Å²) >= 11 is 0. The van der Waals surface area contributed by atoms with Gasteiger partial charge in [-0.05, 0) is 0 Å². The minimum absolute atomic E-state index is 0.257. The molecule has 0 aromatic rings. The Kier molecular flexibility index (Phi) is 3.48. The van der Waals surface area contributed by atoms with Crippen LogP contribution in [0.3, 0.4) is 0 Å². The fourth-order valence-electron chi connectivity index (χ4n) is 0.344. The van der Waals surface area contributed by atoms with E-state index in [0.29, 0.717) is 0 Å². The van der Waals surface area contributed by atoms with E-state index in [-0.39, 0.29) is 4.31 Å². The summed E-state index contributed by atoms with van der Waals surface area (Å²) in [6.45, 7) is 11.4. The fraction of sp³-hybridized carbons (Fsp3) is 0.500. The first kappa shape index (κ1) is 9.85. The highest BCUT2D eigenvalue weighted by Gasteiger charge is 2.16. The van der Waals surface area contributed by atoms with Crippen LogP contribution < -0.4 is 0 Å². The fourth-order valence-corrected chi connectivity index (χ4v) is 0.742. The van der Waals surface area contributed by atoms with Crippen molar-refractivity contribution >= 4 is 10.3 Å². The maximum Gasteiger partial charge on any atom is 0.288 e. The molecule has 0 aromatic heterocycles. The molecule has 0 saturated heterocycles. The van der Waals surface area contributed by atoms with Gasteiger partial charge in [-0.2, -0.15) is 0 Å². The molecule has 0 fully saturated rings. The molecule has 0 atom stereocenters. The molecule has 6 nitrogen and oxygen atoms in total. The summed E-state index contributed by atoms with van der Waals surface area (Å²) in [5.41, 5.74) is 0. The van der Waals surface area contributed by atoms with Gasteiger partial charge in [-0.15, -0.1) is 0 Å². The largest absolute Gasteiger partial charge is 0.735 e. The Balaban J connectivity index is 4.41. The molecule has 0 radical (unpaired) electrons. The van der Waals surface area contributed by atoms with E-state index in [9.17, 15) is 13.0 Å². The lowest BCUT2D eigenvalue weighted by Crippen LogP contribution is -2.29. The van der Waals surface area contributed by atoms with Crippen LogP contribution in [0.4, 0.5) is 0 Å². The molecular formula is C4H4N3O3S-. The molecule has 11 heavy (non-hydrogen) atoms. The average molecular weight is 174 g/mol. The van der Waals surface area contributed by atoms with Crippen LogP contribution in [0.1, 0.15) is 0 Å². The first-order valence-corrected chi connectivity index (χ1v) is 3.76. The van der Waals surface area contributed by atoms with Crippen LogP contribution in [0.25, 0.3) is 9.69 Å². The second-order valence-electron chi connectivity index (χ2n) is 1.51. The maximum absolute atomic E-state index is 10.2. The monoisotopic (exact) mass is 174 g/mol. The van der Waals surface area contributed by atoms with Crippen molar-refractivity contribution in [1.29, 1.82) is 0 Å². The van der Waals surface area contributed by atoms with Gasteiger partial charge in [-0.1, -0.05) is 4.31 Å². The summed E-state index contributed by atoms with van der Waals surface area (Å²) in [4.78, 5) is 5.35. The van der Waals surface area contributed by atoms with Crippen molar-refractivity contribution in [1.82, 2.24) is 4.31 Å². The van der Waals surface area contributed by atoms with E-state index >= 15 is 0 Å². The van der Waals surface area contributed by atoms with E-state index in [1.165, 1.54) is 0 Å². The SMILES string of the molecule is [C-]#[N+]CN(C[N+]#[C-])S(=O)(=O)[O-]. The summed E-state index contributed by atoms with van der Waals surface area (Å²) in [5.74, 6) is 0. The zero-order valence-corrected chi connectivity index (χ0v) is 6.21. The summed E-state index contributed by atoms with van der Waals surface area (Å²) in [6.07, 6.45) is 0. The highest BCUT2D eigenvalue weighted by atomic mass is 32.2. The van der Waals surface area contributed by atoms with Gasteiger partial charge in [0, 0.05) is 0 Å². The van der Waals surface area contributed by atoms with Gasteiger partial charge >= 0.3 is 0 Å². The molecule has 0 spiro atoms. The molecule has 0 saturated carbocycles. The second kappa shape index (κ2) is 3.88. The zero-order chi connectivity index (χ0) is 8.91. The van der Waals surface area contributed by atoms with Gasteiger partial charge in [0.05, 0.1) is 0 Å². The summed E-state index contributed by atoms with van der Waals surface area (Å²) in [6, 6.07) is 0. The highest BCUT2D eigenvalue weighted by Crippen LogP contribution is 1.96. The molecule has 0 aromatic carbocycles. The second-order valence-corrected chi connectivity index (χ2v) is 2.88. The van der Waals surface area contributed by atoms with Gasteiger partial charge in [0.1, 0.15) is 0 Å². The minimum Gasteiger partial charge on any atom is -0.735 e. The average Bonchev–Trinajstić information content (AvgIpc) is 1.85. The Morgan fingerprint density at radius 1 is 1.27 bits per heavy atom. The topological polar surface area (TPSA) is 69.2 Å². The van der Waals surface area contributed by atoms with Gasteiger partial charge in [0.15, 0.2) is 10.3 Å². The normalized spacial score (nSPS) is 10.5. The molecule has 0 heterocycles. The van der Waals surface area contributed by atoms with Crippen molar-refractivity contribution in [3.05, 3.63) is 22.8 Å². The van der Waals surface area contributed by atoms with Crippen molar-refractivity contribution in [3.63, 3.8) is 0 Å². The van der Waals surface area contributed by atoms with Crippen molar-refractivity contribution in [2.45, 2.75) is 0 Å². The zero-order valence-electron chi connectivity index (χ0n) is 5.39. The van der Waals surface area contributed by atoms with Crippen molar-refractivity contribution < 1.29 is 13.0 Å². The molecule has 7 heteroatoms. The van der Waals surface area contributed by atoms with E-state index in [1.54, 1.807) is 0 Å². The molecule has 0 bridgehead atoms. The van der Waals surface area contributed by atoms with Crippen LogP contribution in [0, 0.1) is 13.1 Å². The quantitative estimate of drug-likeness (QED) is 0.428. The van der Waals surface area contributed by atoms with Gasteiger partial charge in [0.2, 0.25) is 0 Å². The molecule has 0 unspecified atom stereocenters. The smallest absolute Gasteiger partial charge is 0.288 e. The van der Waals surface area contributed by atoms with Crippen molar-refractivity contribution in [2.75, 3.05) is 13.3 Å². The standard InChI is InChI=1S/C4H5N3O3S/c1-5-3-7(4-6-2)11(8,9)10/h3-4H2,(H,8,9,10)/p-1. The summed E-state index contributed by atoms with van der Waals surface area (Å²) in [7, 11) is -4.63. The lowest BCUT2D eigenvalue weighted by atomic mass is 11.0. The third-order valence-corrected chi connectivity index (χ3v) is 1.64.